The maximum atomic E-state index is 12.3. The topological polar surface area (TPSA) is 50.4 Å². The molecule has 1 saturated heterocycles. The number of benzene rings is 1. The van der Waals surface area contributed by atoms with Crippen LogP contribution in [-0.4, -0.2) is 31.7 Å². The summed E-state index contributed by atoms with van der Waals surface area (Å²) in [5.41, 5.74) is 1.42. The van der Waals surface area contributed by atoms with E-state index in [1.165, 1.54) is 0 Å². The fraction of sp³-hybridized carbons (Fsp3) is 0.500. The summed E-state index contributed by atoms with van der Waals surface area (Å²) in [6.07, 6.45) is 0. The monoisotopic (exact) mass is 316 g/mol. The van der Waals surface area contributed by atoms with Gasteiger partial charge in [0.25, 0.3) is 0 Å². The van der Waals surface area contributed by atoms with E-state index in [0.29, 0.717) is 28.9 Å². The first kappa shape index (κ1) is 15.6. The van der Waals surface area contributed by atoms with E-state index in [9.17, 15) is 4.79 Å². The summed E-state index contributed by atoms with van der Waals surface area (Å²) in [4.78, 5) is 12.3. The first-order valence-corrected chi connectivity index (χ1v) is 7.36. The molecule has 20 heavy (non-hydrogen) atoms. The number of hydrogen-bond acceptors (Lipinski definition) is 3. The van der Waals surface area contributed by atoms with Gasteiger partial charge < -0.3 is 15.4 Å². The first-order chi connectivity index (χ1) is 9.52. The summed E-state index contributed by atoms with van der Waals surface area (Å²) in [7, 11) is 0. The van der Waals surface area contributed by atoms with Crippen molar-refractivity contribution in [3.8, 4) is 0 Å². The van der Waals surface area contributed by atoms with Gasteiger partial charge in [0.2, 0.25) is 5.91 Å². The largest absolute Gasteiger partial charge is 0.379 e. The minimum atomic E-state index is -0.217. The number of amides is 1. The quantitative estimate of drug-likeness (QED) is 0.898. The van der Waals surface area contributed by atoms with E-state index in [4.69, 9.17) is 27.9 Å². The number of rotatable bonds is 4. The molecule has 1 aliphatic rings. The molecule has 1 aliphatic heterocycles. The summed E-state index contributed by atoms with van der Waals surface area (Å²) < 4.78 is 5.37. The van der Waals surface area contributed by atoms with Crippen LogP contribution in [0, 0.1) is 12.8 Å². The van der Waals surface area contributed by atoms with Gasteiger partial charge in [0.1, 0.15) is 0 Å². The van der Waals surface area contributed by atoms with Crippen LogP contribution in [0.3, 0.4) is 0 Å². The lowest BCUT2D eigenvalue weighted by molar-refractivity contribution is -0.120. The van der Waals surface area contributed by atoms with E-state index in [-0.39, 0.29) is 17.9 Å². The average molecular weight is 317 g/mol. The maximum absolute atomic E-state index is 12.3. The third-order valence-corrected chi connectivity index (χ3v) is 4.11. The second-order valence-corrected chi connectivity index (χ2v) is 5.69. The van der Waals surface area contributed by atoms with E-state index in [1.54, 1.807) is 12.1 Å². The smallest absolute Gasteiger partial charge is 0.231 e. The number of likely N-dealkylation sites (N-methyl/N-ethyl adjacent to an activating group) is 1. The van der Waals surface area contributed by atoms with E-state index >= 15 is 0 Å². The Morgan fingerprint density at radius 1 is 1.35 bits per heavy atom. The lowest BCUT2D eigenvalue weighted by Gasteiger charge is -2.18. The molecule has 1 aromatic carbocycles. The highest BCUT2D eigenvalue weighted by Gasteiger charge is 2.33. The van der Waals surface area contributed by atoms with Crippen LogP contribution >= 0.6 is 23.2 Å². The molecule has 0 saturated carbocycles. The Morgan fingerprint density at radius 3 is 2.80 bits per heavy atom. The van der Waals surface area contributed by atoms with Crippen LogP contribution in [-0.2, 0) is 9.53 Å². The molecule has 4 nitrogen and oxygen atoms in total. The molecule has 0 aliphatic carbocycles. The van der Waals surface area contributed by atoms with Gasteiger partial charge in [-0.25, -0.2) is 0 Å². The Balaban J connectivity index is 2.09. The van der Waals surface area contributed by atoms with Crippen molar-refractivity contribution >= 4 is 34.8 Å². The van der Waals surface area contributed by atoms with Crippen molar-refractivity contribution in [2.75, 3.05) is 25.1 Å². The van der Waals surface area contributed by atoms with Gasteiger partial charge in [0, 0.05) is 11.1 Å². The van der Waals surface area contributed by atoms with Gasteiger partial charge >= 0.3 is 0 Å². The highest BCUT2D eigenvalue weighted by atomic mass is 35.5. The minimum Gasteiger partial charge on any atom is -0.379 e. The standard InChI is InChI=1S/C14H18Cl2N2O2/c1-3-17-13-7-20-6-9(13)14(19)18-12-5-10(15)8(2)4-11(12)16/h4-5,9,13,17H,3,6-7H2,1-2H3,(H,18,19). The van der Waals surface area contributed by atoms with E-state index in [0.717, 1.165) is 12.1 Å². The van der Waals surface area contributed by atoms with Crippen LogP contribution in [0.15, 0.2) is 12.1 Å². The fourth-order valence-corrected chi connectivity index (χ4v) is 2.67. The number of ether oxygens (including phenoxy) is 1. The van der Waals surface area contributed by atoms with Crippen LogP contribution in [0.4, 0.5) is 5.69 Å². The Labute approximate surface area is 128 Å². The van der Waals surface area contributed by atoms with Gasteiger partial charge in [-0.05, 0) is 31.2 Å². The van der Waals surface area contributed by atoms with Gasteiger partial charge in [-0.1, -0.05) is 30.1 Å². The first-order valence-electron chi connectivity index (χ1n) is 6.60. The van der Waals surface area contributed by atoms with Crippen molar-refractivity contribution < 1.29 is 9.53 Å². The lowest BCUT2D eigenvalue weighted by atomic mass is 10.0. The average Bonchev–Trinajstić information content (AvgIpc) is 2.84. The Morgan fingerprint density at radius 2 is 2.10 bits per heavy atom. The predicted molar refractivity (Wildman–Crippen MR) is 81.6 cm³/mol. The summed E-state index contributed by atoms with van der Waals surface area (Å²) in [5.74, 6) is -0.318. The van der Waals surface area contributed by atoms with Crippen LogP contribution in [0.2, 0.25) is 10.0 Å². The third-order valence-electron chi connectivity index (χ3n) is 3.39. The van der Waals surface area contributed by atoms with Crippen LogP contribution < -0.4 is 10.6 Å². The number of anilines is 1. The molecule has 0 radical (unpaired) electrons. The van der Waals surface area contributed by atoms with Gasteiger partial charge in [-0.3, -0.25) is 4.79 Å². The molecule has 0 bridgehead atoms. The van der Waals surface area contributed by atoms with Crippen LogP contribution in [0.5, 0.6) is 0 Å². The van der Waals surface area contributed by atoms with Crippen molar-refractivity contribution in [2.24, 2.45) is 5.92 Å². The molecule has 0 aromatic heterocycles. The van der Waals surface area contributed by atoms with Gasteiger partial charge in [-0.15, -0.1) is 0 Å². The maximum Gasteiger partial charge on any atom is 0.231 e. The highest BCUT2D eigenvalue weighted by molar-refractivity contribution is 6.36. The summed E-state index contributed by atoms with van der Waals surface area (Å²) in [6, 6.07) is 3.46. The molecule has 6 heteroatoms. The van der Waals surface area contributed by atoms with Gasteiger partial charge in [0.15, 0.2) is 0 Å². The highest BCUT2D eigenvalue weighted by Crippen LogP contribution is 2.29. The molecule has 1 amide bonds. The molecule has 2 N–H and O–H groups in total. The summed E-state index contributed by atoms with van der Waals surface area (Å²) in [6.45, 7) is 5.64. The zero-order chi connectivity index (χ0) is 14.7. The van der Waals surface area contributed by atoms with E-state index in [2.05, 4.69) is 10.6 Å². The van der Waals surface area contributed by atoms with E-state index < -0.39 is 0 Å². The number of halogens is 2. The number of carbonyl (C=O) groups excluding carboxylic acids is 1. The number of nitrogens with one attached hydrogen (secondary N) is 2. The molecule has 1 aromatic rings. The van der Waals surface area contributed by atoms with Crippen molar-refractivity contribution in [1.82, 2.24) is 5.32 Å². The molecular weight excluding hydrogens is 299 g/mol. The van der Waals surface area contributed by atoms with Gasteiger partial charge in [-0.2, -0.15) is 0 Å². The second-order valence-electron chi connectivity index (χ2n) is 4.88. The van der Waals surface area contributed by atoms with Gasteiger partial charge in [0.05, 0.1) is 29.8 Å². The molecular formula is C14H18Cl2N2O2. The SMILES string of the molecule is CCNC1COCC1C(=O)Nc1cc(Cl)c(C)cc1Cl. The van der Waals surface area contributed by atoms with Crippen molar-refractivity contribution in [2.45, 2.75) is 19.9 Å². The molecule has 2 rings (SSSR count). The summed E-state index contributed by atoms with van der Waals surface area (Å²) in [5, 5.41) is 7.15. The van der Waals surface area contributed by atoms with Crippen molar-refractivity contribution in [1.29, 1.82) is 0 Å². The molecule has 2 unspecified atom stereocenters. The van der Waals surface area contributed by atoms with E-state index in [1.807, 2.05) is 13.8 Å². The number of aryl methyl sites for hydroxylation is 1. The minimum absolute atomic E-state index is 0.0414. The lowest BCUT2D eigenvalue weighted by Crippen LogP contribution is -2.41. The predicted octanol–water partition coefficient (Wildman–Crippen LogP) is 2.86. The van der Waals surface area contributed by atoms with Crippen molar-refractivity contribution in [3.05, 3.63) is 27.7 Å². The van der Waals surface area contributed by atoms with Crippen LogP contribution in [0.25, 0.3) is 0 Å². The zero-order valence-electron chi connectivity index (χ0n) is 11.5. The van der Waals surface area contributed by atoms with Crippen LogP contribution in [0.1, 0.15) is 12.5 Å². The van der Waals surface area contributed by atoms with Crippen molar-refractivity contribution in [3.63, 3.8) is 0 Å². The normalized spacial score (nSPS) is 22.0. The molecule has 1 heterocycles. The second kappa shape index (κ2) is 6.76. The number of carbonyl (C=O) groups is 1. The Hall–Kier alpha value is -0.810. The summed E-state index contributed by atoms with van der Waals surface area (Å²) >= 11 is 12.2. The molecule has 1 fully saturated rings. The molecule has 0 spiro atoms. The number of hydrogen-bond donors (Lipinski definition) is 2. The Kier molecular flexibility index (Phi) is 5.27. The molecule has 2 atom stereocenters. The Bertz CT molecular complexity index is 508. The molecule has 110 valence electrons. The third kappa shape index (κ3) is 3.44. The zero-order valence-corrected chi connectivity index (χ0v) is 13.0. The fourth-order valence-electron chi connectivity index (χ4n) is 2.24.